The molecule has 2 aromatic rings. The zero-order valence-corrected chi connectivity index (χ0v) is 12.0. The zero-order valence-electron chi connectivity index (χ0n) is 12.0. The summed E-state index contributed by atoms with van der Waals surface area (Å²) in [4.78, 5) is 8.87. The molecule has 0 saturated carbocycles. The minimum atomic E-state index is 0.716. The van der Waals surface area contributed by atoms with Gasteiger partial charge in [-0.05, 0) is 38.3 Å². The molecule has 2 N–H and O–H groups in total. The Hall–Kier alpha value is -1.42. The van der Waals surface area contributed by atoms with Crippen molar-refractivity contribution in [3.63, 3.8) is 0 Å². The maximum Gasteiger partial charge on any atom is 0.109 e. The lowest BCUT2D eigenvalue weighted by molar-refractivity contribution is 0.435. The Balaban J connectivity index is 2.15. The molecule has 0 radical (unpaired) electrons. The lowest BCUT2D eigenvalue weighted by Crippen LogP contribution is -2.10. The molecule has 2 heterocycles. The number of rotatable bonds is 7. The Labute approximate surface area is 115 Å². The van der Waals surface area contributed by atoms with Gasteiger partial charge in [-0.2, -0.15) is 0 Å². The van der Waals surface area contributed by atoms with Gasteiger partial charge in [-0.25, -0.2) is 4.98 Å². The number of nitrogens with zero attached hydrogens (tertiary/aromatic N) is 3. The monoisotopic (exact) mass is 260 g/mol. The Kier molecular flexibility index (Phi) is 4.91. The standard InChI is InChI=1S/C15H24N4/c1-3-12(7-9-16)5-6-15-18-13-11-17-10-8-14(13)19(15)4-2/h8,10-12H,3-7,9,16H2,1-2H3. The Morgan fingerprint density at radius 3 is 2.84 bits per heavy atom. The van der Waals surface area contributed by atoms with E-state index in [4.69, 9.17) is 10.7 Å². The van der Waals surface area contributed by atoms with Crippen molar-refractivity contribution in [1.29, 1.82) is 0 Å². The summed E-state index contributed by atoms with van der Waals surface area (Å²) >= 11 is 0. The summed E-state index contributed by atoms with van der Waals surface area (Å²) < 4.78 is 2.30. The van der Waals surface area contributed by atoms with Gasteiger partial charge in [0.15, 0.2) is 0 Å². The molecular formula is C15H24N4. The molecule has 0 aromatic carbocycles. The van der Waals surface area contributed by atoms with Gasteiger partial charge in [0.05, 0.1) is 11.7 Å². The van der Waals surface area contributed by atoms with E-state index >= 15 is 0 Å². The van der Waals surface area contributed by atoms with Crippen LogP contribution in [-0.2, 0) is 13.0 Å². The molecule has 4 nitrogen and oxygen atoms in total. The molecule has 0 saturated heterocycles. The number of aromatic nitrogens is 3. The number of hydrogen-bond donors (Lipinski definition) is 1. The molecule has 1 atom stereocenters. The average molecular weight is 260 g/mol. The van der Waals surface area contributed by atoms with Crippen LogP contribution in [0.1, 0.15) is 38.9 Å². The van der Waals surface area contributed by atoms with Gasteiger partial charge in [0.2, 0.25) is 0 Å². The predicted molar refractivity (Wildman–Crippen MR) is 79.0 cm³/mol. The van der Waals surface area contributed by atoms with E-state index in [1.54, 1.807) is 0 Å². The highest BCUT2D eigenvalue weighted by Gasteiger charge is 2.12. The van der Waals surface area contributed by atoms with Crippen LogP contribution in [-0.4, -0.2) is 21.1 Å². The number of nitrogens with two attached hydrogens (primary N) is 1. The molecule has 104 valence electrons. The number of fused-ring (bicyclic) bond motifs is 1. The first-order valence-corrected chi connectivity index (χ1v) is 7.29. The van der Waals surface area contributed by atoms with Gasteiger partial charge >= 0.3 is 0 Å². The number of pyridine rings is 1. The first-order chi connectivity index (χ1) is 9.30. The van der Waals surface area contributed by atoms with Gasteiger partial charge in [0.25, 0.3) is 0 Å². The minimum Gasteiger partial charge on any atom is -0.330 e. The number of imidazole rings is 1. The van der Waals surface area contributed by atoms with Crippen LogP contribution in [0.2, 0.25) is 0 Å². The highest BCUT2D eigenvalue weighted by molar-refractivity contribution is 5.74. The molecule has 0 spiro atoms. The van der Waals surface area contributed by atoms with Crippen molar-refractivity contribution in [2.24, 2.45) is 11.7 Å². The quantitative estimate of drug-likeness (QED) is 0.832. The zero-order chi connectivity index (χ0) is 13.7. The minimum absolute atomic E-state index is 0.716. The van der Waals surface area contributed by atoms with Crippen LogP contribution in [0.4, 0.5) is 0 Å². The van der Waals surface area contributed by atoms with Crippen molar-refractivity contribution in [2.75, 3.05) is 6.54 Å². The lowest BCUT2D eigenvalue weighted by atomic mass is 9.96. The highest BCUT2D eigenvalue weighted by atomic mass is 15.1. The summed E-state index contributed by atoms with van der Waals surface area (Å²) in [5, 5.41) is 0. The van der Waals surface area contributed by atoms with Gasteiger partial charge in [-0.1, -0.05) is 13.3 Å². The second-order valence-corrected chi connectivity index (χ2v) is 5.03. The van der Waals surface area contributed by atoms with Gasteiger partial charge in [-0.15, -0.1) is 0 Å². The van der Waals surface area contributed by atoms with E-state index in [0.717, 1.165) is 31.4 Å². The van der Waals surface area contributed by atoms with E-state index < -0.39 is 0 Å². The molecule has 0 bridgehead atoms. The molecule has 1 unspecified atom stereocenters. The molecule has 0 aliphatic heterocycles. The van der Waals surface area contributed by atoms with E-state index in [9.17, 15) is 0 Å². The largest absolute Gasteiger partial charge is 0.330 e. The maximum absolute atomic E-state index is 5.66. The fourth-order valence-electron chi connectivity index (χ4n) is 2.70. The molecule has 2 rings (SSSR count). The summed E-state index contributed by atoms with van der Waals surface area (Å²) in [5.41, 5.74) is 7.86. The third kappa shape index (κ3) is 3.13. The predicted octanol–water partition coefficient (Wildman–Crippen LogP) is 2.76. The normalized spacial score (nSPS) is 13.0. The van der Waals surface area contributed by atoms with Crippen molar-refractivity contribution >= 4 is 11.0 Å². The Morgan fingerprint density at radius 2 is 2.16 bits per heavy atom. The van der Waals surface area contributed by atoms with Crippen molar-refractivity contribution in [1.82, 2.24) is 14.5 Å². The summed E-state index contributed by atoms with van der Waals surface area (Å²) in [6.07, 6.45) is 8.20. The van der Waals surface area contributed by atoms with Crippen LogP contribution in [0.15, 0.2) is 18.5 Å². The average Bonchev–Trinajstić information content (AvgIpc) is 2.80. The van der Waals surface area contributed by atoms with Gasteiger partial charge in [0, 0.05) is 19.2 Å². The number of hydrogen-bond acceptors (Lipinski definition) is 3. The van der Waals surface area contributed by atoms with E-state index in [1.807, 2.05) is 18.5 Å². The third-order valence-corrected chi connectivity index (χ3v) is 3.87. The van der Waals surface area contributed by atoms with E-state index in [1.165, 1.54) is 24.2 Å². The van der Waals surface area contributed by atoms with Crippen molar-refractivity contribution < 1.29 is 0 Å². The molecule has 19 heavy (non-hydrogen) atoms. The summed E-state index contributed by atoms with van der Waals surface area (Å²) in [6, 6.07) is 2.05. The molecular weight excluding hydrogens is 236 g/mol. The number of aryl methyl sites for hydroxylation is 2. The van der Waals surface area contributed by atoms with Gasteiger partial charge in [-0.3, -0.25) is 4.98 Å². The van der Waals surface area contributed by atoms with Gasteiger partial charge in [0.1, 0.15) is 11.3 Å². The molecule has 0 aliphatic carbocycles. The lowest BCUT2D eigenvalue weighted by Gasteiger charge is -2.13. The second kappa shape index (κ2) is 6.66. The molecule has 0 aliphatic rings. The van der Waals surface area contributed by atoms with Gasteiger partial charge < -0.3 is 10.3 Å². The molecule has 4 heteroatoms. The smallest absolute Gasteiger partial charge is 0.109 e. The first-order valence-electron chi connectivity index (χ1n) is 7.29. The third-order valence-electron chi connectivity index (χ3n) is 3.87. The first kappa shape index (κ1) is 14.0. The highest BCUT2D eigenvalue weighted by Crippen LogP contribution is 2.19. The summed E-state index contributed by atoms with van der Waals surface area (Å²) in [5.74, 6) is 1.90. The van der Waals surface area contributed by atoms with Crippen molar-refractivity contribution in [3.8, 4) is 0 Å². The molecule has 0 fully saturated rings. The Bertz CT molecular complexity index is 518. The topological polar surface area (TPSA) is 56.7 Å². The van der Waals surface area contributed by atoms with Crippen LogP contribution >= 0.6 is 0 Å². The van der Waals surface area contributed by atoms with E-state index in [2.05, 4.69) is 23.4 Å². The van der Waals surface area contributed by atoms with Crippen LogP contribution in [0.25, 0.3) is 11.0 Å². The SMILES string of the molecule is CCC(CCN)CCc1nc2cnccc2n1CC. The summed E-state index contributed by atoms with van der Waals surface area (Å²) in [6.45, 7) is 6.16. The maximum atomic E-state index is 5.66. The fraction of sp³-hybridized carbons (Fsp3) is 0.600. The summed E-state index contributed by atoms with van der Waals surface area (Å²) in [7, 11) is 0. The van der Waals surface area contributed by atoms with Crippen molar-refractivity contribution in [2.45, 2.75) is 46.1 Å². The van der Waals surface area contributed by atoms with Crippen LogP contribution in [0.3, 0.4) is 0 Å². The Morgan fingerprint density at radius 1 is 1.32 bits per heavy atom. The van der Waals surface area contributed by atoms with Crippen LogP contribution in [0, 0.1) is 5.92 Å². The van der Waals surface area contributed by atoms with E-state index in [-0.39, 0.29) is 0 Å². The molecule has 0 amide bonds. The molecule has 2 aromatic heterocycles. The van der Waals surface area contributed by atoms with Crippen LogP contribution < -0.4 is 5.73 Å². The van der Waals surface area contributed by atoms with Crippen LogP contribution in [0.5, 0.6) is 0 Å². The van der Waals surface area contributed by atoms with Crippen molar-refractivity contribution in [3.05, 3.63) is 24.3 Å². The fourth-order valence-corrected chi connectivity index (χ4v) is 2.70. The second-order valence-electron chi connectivity index (χ2n) is 5.03. The van der Waals surface area contributed by atoms with E-state index in [0.29, 0.717) is 5.92 Å².